The summed E-state index contributed by atoms with van der Waals surface area (Å²) in [5.74, 6) is 0.893. The van der Waals surface area contributed by atoms with Crippen molar-refractivity contribution in [2.75, 3.05) is 23.4 Å². The Hall–Kier alpha value is -2.33. The Morgan fingerprint density at radius 1 is 1.09 bits per heavy atom. The van der Waals surface area contributed by atoms with Crippen molar-refractivity contribution in [2.24, 2.45) is 0 Å². The molecule has 2 fully saturated rings. The number of hydrogen-bond donors (Lipinski definition) is 1. The average molecular weight is 483 g/mol. The van der Waals surface area contributed by atoms with Crippen LogP contribution < -0.4 is 10.2 Å². The van der Waals surface area contributed by atoms with Crippen molar-refractivity contribution in [2.45, 2.75) is 68.1 Å². The molecular weight excluding hydrogens is 453 g/mol. The van der Waals surface area contributed by atoms with Crippen LogP contribution in [0.2, 0.25) is 0 Å². The Morgan fingerprint density at radius 3 is 2.45 bits per heavy atom. The molecule has 33 heavy (non-hydrogen) atoms. The molecule has 1 saturated carbocycles. The zero-order valence-electron chi connectivity index (χ0n) is 18.6. The monoisotopic (exact) mass is 482 g/mol. The Balaban J connectivity index is 1.40. The van der Waals surface area contributed by atoms with Crippen LogP contribution in [0.15, 0.2) is 47.5 Å². The molecule has 1 unspecified atom stereocenters. The first-order valence-electron chi connectivity index (χ1n) is 11.3. The molecule has 0 bridgehead atoms. The predicted molar refractivity (Wildman–Crippen MR) is 122 cm³/mol. The van der Waals surface area contributed by atoms with E-state index in [0.29, 0.717) is 24.9 Å². The Bertz CT molecular complexity index is 1050. The van der Waals surface area contributed by atoms with Crippen molar-refractivity contribution in [1.29, 1.82) is 0 Å². The molecule has 180 valence electrons. The van der Waals surface area contributed by atoms with Gasteiger partial charge in [0, 0.05) is 37.1 Å². The Kier molecular flexibility index (Phi) is 6.86. The first-order valence-corrected chi connectivity index (χ1v) is 12.7. The van der Waals surface area contributed by atoms with E-state index in [9.17, 15) is 21.6 Å². The van der Waals surface area contributed by atoms with Gasteiger partial charge in [0.15, 0.2) is 0 Å². The molecule has 0 amide bonds. The normalized spacial score (nSPS) is 20.8. The lowest BCUT2D eigenvalue weighted by molar-refractivity contribution is -0.0436. The fourth-order valence-electron chi connectivity index (χ4n) is 4.56. The smallest absolute Gasteiger partial charge is 0.367 e. The van der Waals surface area contributed by atoms with Gasteiger partial charge >= 0.3 is 5.51 Å². The van der Waals surface area contributed by atoms with Crippen molar-refractivity contribution in [3.8, 4) is 0 Å². The van der Waals surface area contributed by atoms with Gasteiger partial charge in [0.05, 0.1) is 11.6 Å². The summed E-state index contributed by atoms with van der Waals surface area (Å²) in [5, 5.41) is 3.55. The highest BCUT2D eigenvalue weighted by Gasteiger charge is 2.46. The lowest BCUT2D eigenvalue weighted by Crippen LogP contribution is -2.28. The standard InChI is InChI=1S/C23H29F3N4O2S/c1-17-14-30(20-7-9-21(10-8-20)33(31,32)23(24,25)26)16-29(17)15-18-11-12-27-22(13-18)28-19-5-3-2-4-6-19/h7-13,17,19H,2-6,14-16H2,1H3,(H,27,28). The van der Waals surface area contributed by atoms with Gasteiger partial charge in [0.1, 0.15) is 5.82 Å². The van der Waals surface area contributed by atoms with Crippen LogP contribution in [0.3, 0.4) is 0 Å². The second kappa shape index (κ2) is 9.50. The first kappa shape index (κ1) is 23.8. The fourth-order valence-corrected chi connectivity index (χ4v) is 5.32. The highest BCUT2D eigenvalue weighted by Crippen LogP contribution is 2.32. The van der Waals surface area contributed by atoms with E-state index in [0.717, 1.165) is 30.1 Å². The summed E-state index contributed by atoms with van der Waals surface area (Å²) in [5.41, 5.74) is -3.47. The quantitative estimate of drug-likeness (QED) is 0.639. The Morgan fingerprint density at radius 2 is 1.79 bits per heavy atom. The number of nitrogens with zero attached hydrogens (tertiary/aromatic N) is 3. The van der Waals surface area contributed by atoms with E-state index in [1.165, 1.54) is 44.2 Å². The summed E-state index contributed by atoms with van der Waals surface area (Å²) in [6, 6.07) is 9.72. The third-order valence-electron chi connectivity index (χ3n) is 6.44. The van der Waals surface area contributed by atoms with E-state index in [2.05, 4.69) is 28.2 Å². The number of hydrogen-bond acceptors (Lipinski definition) is 6. The number of anilines is 2. The van der Waals surface area contributed by atoms with Crippen LogP contribution in [0.25, 0.3) is 0 Å². The minimum atomic E-state index is -5.33. The Labute approximate surface area is 192 Å². The molecular formula is C23H29F3N4O2S. The van der Waals surface area contributed by atoms with Gasteiger partial charge in [-0.2, -0.15) is 13.2 Å². The second-order valence-electron chi connectivity index (χ2n) is 8.93. The highest BCUT2D eigenvalue weighted by atomic mass is 32.2. The van der Waals surface area contributed by atoms with Gasteiger partial charge < -0.3 is 10.2 Å². The van der Waals surface area contributed by atoms with Crippen LogP contribution in [-0.2, 0) is 16.4 Å². The first-order chi connectivity index (χ1) is 15.6. The summed E-state index contributed by atoms with van der Waals surface area (Å²) in [6.45, 7) is 4.12. The van der Waals surface area contributed by atoms with Gasteiger partial charge in [-0.3, -0.25) is 4.90 Å². The number of alkyl halides is 3. The molecule has 2 heterocycles. The fraction of sp³-hybridized carbons (Fsp3) is 0.522. The van der Waals surface area contributed by atoms with Crippen molar-refractivity contribution >= 4 is 21.3 Å². The molecule has 10 heteroatoms. The second-order valence-corrected chi connectivity index (χ2v) is 10.9. The zero-order chi connectivity index (χ0) is 23.6. The summed E-state index contributed by atoms with van der Waals surface area (Å²) >= 11 is 0. The van der Waals surface area contributed by atoms with E-state index in [-0.39, 0.29) is 6.04 Å². The zero-order valence-corrected chi connectivity index (χ0v) is 19.4. The van der Waals surface area contributed by atoms with Crippen LogP contribution in [-0.4, -0.2) is 49.1 Å². The minimum absolute atomic E-state index is 0.228. The molecule has 1 aliphatic heterocycles. The summed E-state index contributed by atoms with van der Waals surface area (Å²) < 4.78 is 61.5. The predicted octanol–water partition coefficient (Wildman–Crippen LogP) is 4.79. The number of pyridine rings is 1. The van der Waals surface area contributed by atoms with E-state index < -0.39 is 20.2 Å². The van der Waals surface area contributed by atoms with E-state index in [4.69, 9.17) is 0 Å². The molecule has 1 atom stereocenters. The topological polar surface area (TPSA) is 65.5 Å². The van der Waals surface area contributed by atoms with Crippen molar-refractivity contribution in [1.82, 2.24) is 9.88 Å². The highest BCUT2D eigenvalue weighted by molar-refractivity contribution is 7.92. The molecule has 0 radical (unpaired) electrons. The van der Waals surface area contributed by atoms with Gasteiger partial charge in [-0.1, -0.05) is 19.3 Å². The number of benzene rings is 1. The molecule has 1 saturated heterocycles. The molecule has 6 nitrogen and oxygen atoms in total. The molecule has 1 aromatic carbocycles. The number of sulfone groups is 1. The van der Waals surface area contributed by atoms with Gasteiger partial charge in [-0.05, 0) is 61.7 Å². The SMILES string of the molecule is CC1CN(c2ccc(S(=O)(=O)C(F)(F)F)cc2)CN1Cc1ccnc(NC2CCCCC2)c1. The molecule has 1 aliphatic carbocycles. The lowest BCUT2D eigenvalue weighted by atomic mass is 9.95. The van der Waals surface area contributed by atoms with Gasteiger partial charge in [0.2, 0.25) is 0 Å². The van der Waals surface area contributed by atoms with Crippen molar-refractivity contribution < 1.29 is 21.6 Å². The average Bonchev–Trinajstić information content (AvgIpc) is 3.14. The van der Waals surface area contributed by atoms with Crippen LogP contribution in [0.4, 0.5) is 24.7 Å². The van der Waals surface area contributed by atoms with E-state index >= 15 is 0 Å². The third-order valence-corrected chi connectivity index (χ3v) is 7.95. The molecule has 4 rings (SSSR count). The number of nitrogens with one attached hydrogen (secondary N) is 1. The van der Waals surface area contributed by atoms with Crippen molar-refractivity contribution in [3.63, 3.8) is 0 Å². The minimum Gasteiger partial charge on any atom is -0.367 e. The van der Waals surface area contributed by atoms with Crippen molar-refractivity contribution in [3.05, 3.63) is 48.2 Å². The van der Waals surface area contributed by atoms with Gasteiger partial charge in [-0.25, -0.2) is 13.4 Å². The maximum absolute atomic E-state index is 12.8. The van der Waals surface area contributed by atoms with E-state index in [1.807, 2.05) is 17.2 Å². The molecule has 2 aromatic rings. The molecule has 0 spiro atoms. The largest absolute Gasteiger partial charge is 0.501 e. The number of aromatic nitrogens is 1. The molecule has 2 aliphatic rings. The molecule has 1 aromatic heterocycles. The number of rotatable bonds is 6. The molecule has 1 N–H and O–H groups in total. The number of halogens is 3. The van der Waals surface area contributed by atoms with Gasteiger partial charge in [-0.15, -0.1) is 0 Å². The van der Waals surface area contributed by atoms with Crippen LogP contribution in [0.5, 0.6) is 0 Å². The summed E-state index contributed by atoms with van der Waals surface area (Å²) in [6.07, 6.45) is 7.97. The van der Waals surface area contributed by atoms with Crippen LogP contribution >= 0.6 is 0 Å². The van der Waals surface area contributed by atoms with Crippen LogP contribution in [0.1, 0.15) is 44.6 Å². The van der Waals surface area contributed by atoms with Crippen LogP contribution in [0, 0.1) is 0 Å². The summed E-state index contributed by atoms with van der Waals surface area (Å²) in [4.78, 5) is 8.04. The summed E-state index contributed by atoms with van der Waals surface area (Å²) in [7, 11) is -5.33. The van der Waals surface area contributed by atoms with Gasteiger partial charge in [0.25, 0.3) is 9.84 Å². The maximum atomic E-state index is 12.8. The maximum Gasteiger partial charge on any atom is 0.501 e. The van der Waals surface area contributed by atoms with E-state index in [1.54, 1.807) is 0 Å². The lowest BCUT2D eigenvalue weighted by Gasteiger charge is -2.24. The third kappa shape index (κ3) is 5.43.